The van der Waals surface area contributed by atoms with Crippen LogP contribution in [0.1, 0.15) is 10.4 Å². The summed E-state index contributed by atoms with van der Waals surface area (Å²) in [4.78, 5) is 11.2. The summed E-state index contributed by atoms with van der Waals surface area (Å²) in [6.07, 6.45) is 0. The number of carbonyl (C=O) groups is 1. The third kappa shape index (κ3) is 2.15. The van der Waals surface area contributed by atoms with Crippen LogP contribution in [0.2, 0.25) is 0 Å². The Balaban J connectivity index is 3.17. The van der Waals surface area contributed by atoms with E-state index in [9.17, 15) is 9.36 Å². The standard InChI is InChI=1S/C9H11O4P/c1-12-6-3-4-7(9(10)14-11)8(5-6)13-2/h3-5H,14H2,1-2H3. The van der Waals surface area contributed by atoms with Gasteiger partial charge in [-0.15, -0.1) is 0 Å². The van der Waals surface area contributed by atoms with Gasteiger partial charge in [-0.1, -0.05) is 0 Å². The van der Waals surface area contributed by atoms with E-state index in [1.54, 1.807) is 18.2 Å². The minimum Gasteiger partial charge on any atom is -0.497 e. The third-order valence-electron chi connectivity index (χ3n) is 1.78. The molecule has 5 heteroatoms. The average molecular weight is 214 g/mol. The fourth-order valence-corrected chi connectivity index (χ4v) is 1.43. The minimum absolute atomic E-state index is 0.332. The van der Waals surface area contributed by atoms with Gasteiger partial charge in [0.2, 0.25) is 5.52 Å². The first-order chi connectivity index (χ1) is 6.72. The van der Waals surface area contributed by atoms with Crippen LogP contribution in [-0.4, -0.2) is 19.7 Å². The van der Waals surface area contributed by atoms with Crippen LogP contribution in [0.5, 0.6) is 11.5 Å². The van der Waals surface area contributed by atoms with Crippen molar-refractivity contribution in [2.75, 3.05) is 14.2 Å². The van der Waals surface area contributed by atoms with E-state index in [0.29, 0.717) is 17.1 Å². The third-order valence-corrected chi connectivity index (χ3v) is 2.31. The molecule has 0 aliphatic heterocycles. The lowest BCUT2D eigenvalue weighted by Crippen LogP contribution is -1.96. The van der Waals surface area contributed by atoms with Crippen LogP contribution in [-0.2, 0) is 4.57 Å². The van der Waals surface area contributed by atoms with Gasteiger partial charge in [-0.3, -0.25) is 4.79 Å². The molecule has 0 aromatic heterocycles. The zero-order valence-corrected chi connectivity index (χ0v) is 9.10. The monoisotopic (exact) mass is 214 g/mol. The van der Waals surface area contributed by atoms with Crippen LogP contribution in [0.15, 0.2) is 18.2 Å². The second-order valence-corrected chi connectivity index (χ2v) is 3.31. The highest BCUT2D eigenvalue weighted by Crippen LogP contribution is 2.27. The second kappa shape index (κ2) is 4.82. The van der Waals surface area contributed by atoms with Crippen molar-refractivity contribution in [3.05, 3.63) is 23.8 Å². The number of ether oxygens (including phenoxy) is 2. The molecular formula is C9H11O4P. The second-order valence-electron chi connectivity index (χ2n) is 2.55. The van der Waals surface area contributed by atoms with Gasteiger partial charge in [0.15, 0.2) is 0 Å². The first-order valence-corrected chi connectivity index (χ1v) is 4.99. The molecule has 76 valence electrons. The van der Waals surface area contributed by atoms with Gasteiger partial charge in [0.25, 0.3) is 0 Å². The quantitative estimate of drug-likeness (QED) is 0.714. The van der Waals surface area contributed by atoms with Crippen molar-refractivity contribution < 1.29 is 18.8 Å². The topological polar surface area (TPSA) is 52.6 Å². The predicted octanol–water partition coefficient (Wildman–Crippen LogP) is 1.60. The fraction of sp³-hybridized carbons (Fsp3) is 0.222. The van der Waals surface area contributed by atoms with Crippen molar-refractivity contribution in [2.45, 2.75) is 0 Å². The number of carbonyl (C=O) groups excluding carboxylic acids is 1. The minimum atomic E-state index is -1.46. The molecular weight excluding hydrogens is 203 g/mol. The van der Waals surface area contributed by atoms with Crippen molar-refractivity contribution in [1.82, 2.24) is 0 Å². The van der Waals surface area contributed by atoms with E-state index < -0.39 is 14.0 Å². The van der Waals surface area contributed by atoms with E-state index in [1.807, 2.05) is 0 Å². The summed E-state index contributed by atoms with van der Waals surface area (Å²) in [7, 11) is 1.51. The molecule has 1 aromatic carbocycles. The number of benzene rings is 1. The fourth-order valence-electron chi connectivity index (χ4n) is 1.07. The maximum absolute atomic E-state index is 11.2. The lowest BCUT2D eigenvalue weighted by molar-refractivity contribution is 0.107. The molecule has 0 radical (unpaired) electrons. The van der Waals surface area contributed by atoms with Gasteiger partial charge in [-0.25, -0.2) is 0 Å². The number of rotatable bonds is 4. The molecule has 0 saturated heterocycles. The summed E-state index contributed by atoms with van der Waals surface area (Å²) in [6.45, 7) is 0. The lowest BCUT2D eigenvalue weighted by atomic mass is 10.2. The Morgan fingerprint density at radius 1 is 1.29 bits per heavy atom. The molecule has 0 aliphatic rings. The van der Waals surface area contributed by atoms with Gasteiger partial charge in [0.05, 0.1) is 19.8 Å². The molecule has 4 nitrogen and oxygen atoms in total. The van der Waals surface area contributed by atoms with E-state index >= 15 is 0 Å². The highest BCUT2D eigenvalue weighted by atomic mass is 31.1. The molecule has 0 amide bonds. The average Bonchev–Trinajstić information content (AvgIpc) is 2.27. The smallest absolute Gasteiger partial charge is 0.219 e. The van der Waals surface area contributed by atoms with Gasteiger partial charge in [-0.05, 0) is 12.1 Å². The maximum atomic E-state index is 11.2. The summed E-state index contributed by atoms with van der Waals surface area (Å²) in [5, 5.41) is 0. The summed E-state index contributed by atoms with van der Waals surface area (Å²) in [5.74, 6) is 0.983. The van der Waals surface area contributed by atoms with Crippen molar-refractivity contribution in [2.24, 2.45) is 0 Å². The lowest BCUT2D eigenvalue weighted by Gasteiger charge is -2.07. The van der Waals surface area contributed by atoms with Gasteiger partial charge < -0.3 is 14.0 Å². The molecule has 0 bridgehead atoms. The molecule has 0 N–H and O–H groups in total. The van der Waals surface area contributed by atoms with Gasteiger partial charge in [0, 0.05) is 6.07 Å². The molecule has 0 aliphatic carbocycles. The highest BCUT2D eigenvalue weighted by Gasteiger charge is 2.11. The normalized spacial score (nSPS) is 10.4. The van der Waals surface area contributed by atoms with Crippen molar-refractivity contribution in [3.8, 4) is 11.5 Å². The molecule has 0 heterocycles. The van der Waals surface area contributed by atoms with Crippen LogP contribution in [0.25, 0.3) is 0 Å². The molecule has 1 atom stereocenters. The van der Waals surface area contributed by atoms with E-state index in [-0.39, 0.29) is 0 Å². The Hall–Kier alpha value is -1.28. The summed E-state index contributed by atoms with van der Waals surface area (Å²) in [5.41, 5.74) is -0.0668. The molecule has 0 fully saturated rings. The van der Waals surface area contributed by atoms with Crippen LogP contribution >= 0.6 is 8.46 Å². The predicted molar refractivity (Wildman–Crippen MR) is 54.3 cm³/mol. The molecule has 0 spiro atoms. The number of hydrogen-bond acceptors (Lipinski definition) is 4. The number of methoxy groups -OCH3 is 2. The zero-order chi connectivity index (χ0) is 10.6. The Kier molecular flexibility index (Phi) is 3.72. The van der Waals surface area contributed by atoms with Crippen LogP contribution < -0.4 is 9.47 Å². The summed E-state index contributed by atoms with van der Waals surface area (Å²) in [6, 6.07) is 4.76. The summed E-state index contributed by atoms with van der Waals surface area (Å²) < 4.78 is 20.4. The van der Waals surface area contributed by atoms with E-state index in [1.165, 1.54) is 14.2 Å². The van der Waals surface area contributed by atoms with Crippen LogP contribution in [0.3, 0.4) is 0 Å². The maximum Gasteiger partial charge on any atom is 0.219 e. The molecule has 0 saturated carbocycles. The van der Waals surface area contributed by atoms with E-state index in [0.717, 1.165) is 0 Å². The highest BCUT2D eigenvalue weighted by molar-refractivity contribution is 7.47. The zero-order valence-electron chi connectivity index (χ0n) is 7.94. The van der Waals surface area contributed by atoms with Crippen molar-refractivity contribution in [3.63, 3.8) is 0 Å². The molecule has 1 unspecified atom stereocenters. The van der Waals surface area contributed by atoms with Gasteiger partial charge in [0.1, 0.15) is 20.0 Å². The van der Waals surface area contributed by atoms with E-state index in [4.69, 9.17) is 9.47 Å². The Bertz CT molecular complexity index is 362. The largest absolute Gasteiger partial charge is 0.497 e. The molecule has 1 aromatic rings. The first-order valence-electron chi connectivity index (χ1n) is 3.94. The number of hydrogen-bond donors (Lipinski definition) is 0. The van der Waals surface area contributed by atoms with E-state index in [2.05, 4.69) is 0 Å². The van der Waals surface area contributed by atoms with Crippen molar-refractivity contribution >= 4 is 14.0 Å². The van der Waals surface area contributed by atoms with Crippen molar-refractivity contribution in [1.29, 1.82) is 0 Å². The first kappa shape index (κ1) is 10.8. The SMILES string of the molecule is COc1ccc(C(=O)[PH2]=O)c(OC)c1. The van der Waals surface area contributed by atoms with Gasteiger partial charge >= 0.3 is 0 Å². The van der Waals surface area contributed by atoms with Gasteiger partial charge in [-0.2, -0.15) is 0 Å². The van der Waals surface area contributed by atoms with Crippen LogP contribution in [0, 0.1) is 0 Å². The molecule has 1 rings (SSSR count). The van der Waals surface area contributed by atoms with Crippen LogP contribution in [0.4, 0.5) is 0 Å². The Morgan fingerprint density at radius 3 is 2.50 bits per heavy atom. The Labute approximate surface area is 83.0 Å². The Morgan fingerprint density at radius 2 is 2.00 bits per heavy atom. The summed E-state index contributed by atoms with van der Waals surface area (Å²) >= 11 is 0. The molecule has 14 heavy (non-hydrogen) atoms.